The Labute approximate surface area is 108 Å². The maximum Gasteiger partial charge on any atom is 0.279 e. The van der Waals surface area contributed by atoms with Crippen LogP contribution < -0.4 is 15.8 Å². The first-order valence-electron chi connectivity index (χ1n) is 6.16. The van der Waals surface area contributed by atoms with Crippen molar-refractivity contribution in [3.05, 3.63) is 0 Å². The number of hydrogen-bond acceptors (Lipinski definition) is 4. The summed E-state index contributed by atoms with van der Waals surface area (Å²) >= 11 is 0. The third-order valence-corrected chi connectivity index (χ3v) is 4.24. The van der Waals surface area contributed by atoms with Gasteiger partial charge >= 0.3 is 0 Å². The van der Waals surface area contributed by atoms with Crippen LogP contribution in [0.3, 0.4) is 0 Å². The van der Waals surface area contributed by atoms with Crippen molar-refractivity contribution in [1.29, 1.82) is 0 Å². The van der Waals surface area contributed by atoms with Gasteiger partial charge in [0.05, 0.1) is 0 Å². The van der Waals surface area contributed by atoms with Gasteiger partial charge in [-0.2, -0.15) is 12.7 Å². The summed E-state index contributed by atoms with van der Waals surface area (Å²) < 4.78 is 27.0. The molecule has 0 bridgehead atoms. The third-order valence-electron chi connectivity index (χ3n) is 2.67. The molecular formula is C10H22N4O3S. The number of rotatable bonds is 9. The maximum atomic E-state index is 11.7. The van der Waals surface area contributed by atoms with Crippen molar-refractivity contribution in [2.24, 2.45) is 5.73 Å². The molecule has 1 amide bonds. The van der Waals surface area contributed by atoms with Crippen LogP contribution in [-0.4, -0.2) is 51.4 Å². The molecular weight excluding hydrogens is 256 g/mol. The second-order valence-corrected chi connectivity index (χ2v) is 6.32. The average molecular weight is 278 g/mol. The first-order chi connectivity index (χ1) is 8.45. The summed E-state index contributed by atoms with van der Waals surface area (Å²) in [4.78, 5) is 11.3. The van der Waals surface area contributed by atoms with Crippen molar-refractivity contribution in [3.63, 3.8) is 0 Å². The highest BCUT2D eigenvalue weighted by Crippen LogP contribution is 2.18. The van der Waals surface area contributed by atoms with Gasteiger partial charge in [-0.15, -0.1) is 0 Å². The fourth-order valence-electron chi connectivity index (χ4n) is 1.37. The van der Waals surface area contributed by atoms with Crippen LogP contribution in [0.4, 0.5) is 0 Å². The standard InChI is InChI=1S/C10H22N4O3S/c1-14(8-2-6-11)18(16,17)12-7-5-10(15)13-9-3-4-9/h9,12H,2-8,11H2,1H3,(H,13,15). The van der Waals surface area contributed by atoms with E-state index >= 15 is 0 Å². The molecule has 0 radical (unpaired) electrons. The molecule has 0 aromatic heterocycles. The van der Waals surface area contributed by atoms with E-state index in [1.807, 2.05) is 0 Å². The van der Waals surface area contributed by atoms with E-state index in [1.54, 1.807) is 0 Å². The smallest absolute Gasteiger partial charge is 0.279 e. The molecule has 0 unspecified atom stereocenters. The summed E-state index contributed by atoms with van der Waals surface area (Å²) in [7, 11) is -2.00. The molecule has 0 atom stereocenters. The van der Waals surface area contributed by atoms with Gasteiger partial charge in [-0.3, -0.25) is 4.79 Å². The number of carbonyl (C=O) groups is 1. The normalized spacial score (nSPS) is 15.9. The molecule has 0 heterocycles. The van der Waals surface area contributed by atoms with Crippen LogP contribution in [0.1, 0.15) is 25.7 Å². The van der Waals surface area contributed by atoms with Gasteiger partial charge in [0, 0.05) is 32.6 Å². The first kappa shape index (κ1) is 15.4. The fourth-order valence-corrected chi connectivity index (χ4v) is 2.32. The summed E-state index contributed by atoms with van der Waals surface area (Å²) in [5.74, 6) is -0.107. The van der Waals surface area contributed by atoms with Gasteiger partial charge in [-0.05, 0) is 25.8 Å². The second-order valence-electron chi connectivity index (χ2n) is 4.45. The van der Waals surface area contributed by atoms with Crippen molar-refractivity contribution >= 4 is 16.1 Å². The molecule has 0 aliphatic heterocycles. The lowest BCUT2D eigenvalue weighted by Crippen LogP contribution is -2.40. The Morgan fingerprint density at radius 3 is 2.67 bits per heavy atom. The van der Waals surface area contributed by atoms with E-state index in [4.69, 9.17) is 5.73 Å². The van der Waals surface area contributed by atoms with E-state index in [-0.39, 0.29) is 18.9 Å². The van der Waals surface area contributed by atoms with Crippen molar-refractivity contribution in [1.82, 2.24) is 14.3 Å². The summed E-state index contributed by atoms with van der Waals surface area (Å²) in [6, 6.07) is 0.307. The van der Waals surface area contributed by atoms with Crippen LogP contribution in [0.15, 0.2) is 0 Å². The number of nitrogens with zero attached hydrogens (tertiary/aromatic N) is 1. The molecule has 0 aromatic rings. The van der Waals surface area contributed by atoms with E-state index in [0.717, 1.165) is 12.8 Å². The minimum absolute atomic E-state index is 0.107. The summed E-state index contributed by atoms with van der Waals surface area (Å²) in [6.45, 7) is 0.942. The number of carbonyl (C=O) groups excluding carboxylic acids is 1. The lowest BCUT2D eigenvalue weighted by atomic mass is 10.4. The van der Waals surface area contributed by atoms with Gasteiger partial charge in [-0.25, -0.2) is 4.72 Å². The van der Waals surface area contributed by atoms with E-state index < -0.39 is 10.2 Å². The van der Waals surface area contributed by atoms with Gasteiger partial charge in [0.1, 0.15) is 0 Å². The quantitative estimate of drug-likeness (QED) is 0.491. The molecule has 0 saturated heterocycles. The van der Waals surface area contributed by atoms with Gasteiger partial charge < -0.3 is 11.1 Å². The molecule has 7 nitrogen and oxygen atoms in total. The molecule has 1 aliphatic carbocycles. The predicted molar refractivity (Wildman–Crippen MR) is 69.0 cm³/mol. The SMILES string of the molecule is CN(CCCN)S(=O)(=O)NCCC(=O)NC1CC1. The van der Waals surface area contributed by atoms with Crippen molar-refractivity contribution < 1.29 is 13.2 Å². The lowest BCUT2D eigenvalue weighted by Gasteiger charge is -2.17. The number of amides is 1. The lowest BCUT2D eigenvalue weighted by molar-refractivity contribution is -0.121. The minimum Gasteiger partial charge on any atom is -0.353 e. The Morgan fingerprint density at radius 2 is 2.11 bits per heavy atom. The number of nitrogens with one attached hydrogen (secondary N) is 2. The molecule has 18 heavy (non-hydrogen) atoms. The van der Waals surface area contributed by atoms with Crippen molar-refractivity contribution in [3.8, 4) is 0 Å². The van der Waals surface area contributed by atoms with E-state index in [9.17, 15) is 13.2 Å². The molecule has 1 aliphatic rings. The van der Waals surface area contributed by atoms with Gasteiger partial charge in [0.15, 0.2) is 0 Å². The Kier molecular flexibility index (Phi) is 6.00. The molecule has 8 heteroatoms. The fraction of sp³-hybridized carbons (Fsp3) is 0.900. The van der Waals surface area contributed by atoms with Crippen molar-refractivity contribution in [2.75, 3.05) is 26.7 Å². The van der Waals surface area contributed by atoms with E-state index in [2.05, 4.69) is 10.0 Å². The molecule has 1 saturated carbocycles. The Morgan fingerprint density at radius 1 is 1.44 bits per heavy atom. The predicted octanol–water partition coefficient (Wildman–Crippen LogP) is -1.23. The highest BCUT2D eigenvalue weighted by Gasteiger charge is 2.23. The molecule has 1 fully saturated rings. The maximum absolute atomic E-state index is 11.7. The summed E-state index contributed by atoms with van der Waals surface area (Å²) in [5, 5.41) is 2.80. The van der Waals surface area contributed by atoms with Gasteiger partial charge in [0.25, 0.3) is 10.2 Å². The molecule has 106 valence electrons. The summed E-state index contributed by atoms with van der Waals surface area (Å²) in [6.07, 6.45) is 2.83. The van der Waals surface area contributed by atoms with E-state index in [0.29, 0.717) is 25.6 Å². The molecule has 4 N–H and O–H groups in total. The van der Waals surface area contributed by atoms with Crippen LogP contribution in [-0.2, 0) is 15.0 Å². The Hall–Kier alpha value is -0.700. The van der Waals surface area contributed by atoms with Crippen molar-refractivity contribution in [2.45, 2.75) is 31.7 Å². The first-order valence-corrected chi connectivity index (χ1v) is 7.60. The van der Waals surface area contributed by atoms with Crippen LogP contribution in [0.2, 0.25) is 0 Å². The van der Waals surface area contributed by atoms with Crippen LogP contribution in [0, 0.1) is 0 Å². The van der Waals surface area contributed by atoms with Crippen LogP contribution in [0.25, 0.3) is 0 Å². The Balaban J connectivity index is 2.20. The molecule has 1 rings (SSSR count). The van der Waals surface area contributed by atoms with E-state index in [1.165, 1.54) is 11.4 Å². The number of hydrogen-bond donors (Lipinski definition) is 3. The zero-order valence-corrected chi connectivity index (χ0v) is 11.5. The highest BCUT2D eigenvalue weighted by molar-refractivity contribution is 7.87. The van der Waals surface area contributed by atoms with Crippen LogP contribution in [0.5, 0.6) is 0 Å². The zero-order valence-electron chi connectivity index (χ0n) is 10.7. The van der Waals surface area contributed by atoms with Gasteiger partial charge in [0.2, 0.25) is 5.91 Å². The minimum atomic E-state index is -3.49. The Bertz CT molecular complexity index is 367. The molecule has 0 spiro atoms. The van der Waals surface area contributed by atoms with Crippen LogP contribution >= 0.6 is 0 Å². The topological polar surface area (TPSA) is 105 Å². The third kappa shape index (κ3) is 5.76. The zero-order chi connectivity index (χ0) is 13.6. The highest BCUT2D eigenvalue weighted by atomic mass is 32.2. The summed E-state index contributed by atoms with van der Waals surface area (Å²) in [5.41, 5.74) is 5.32. The average Bonchev–Trinajstić information content (AvgIpc) is 3.09. The number of nitrogens with two attached hydrogens (primary N) is 1. The molecule has 0 aromatic carbocycles. The largest absolute Gasteiger partial charge is 0.353 e. The van der Waals surface area contributed by atoms with Gasteiger partial charge in [-0.1, -0.05) is 0 Å². The monoisotopic (exact) mass is 278 g/mol. The second kappa shape index (κ2) is 7.03.